The fourth-order valence-electron chi connectivity index (χ4n) is 3.01. The second-order valence-corrected chi connectivity index (χ2v) is 5.61. The summed E-state index contributed by atoms with van der Waals surface area (Å²) in [5.74, 6) is 0. The Kier molecular flexibility index (Phi) is 1.95. The van der Waals surface area contributed by atoms with Gasteiger partial charge in [-0.15, -0.1) is 0 Å². The van der Waals surface area contributed by atoms with Crippen molar-refractivity contribution in [2.24, 2.45) is 5.41 Å². The van der Waals surface area contributed by atoms with Gasteiger partial charge >= 0.3 is 0 Å². The zero-order chi connectivity index (χ0) is 8.66. The average molecular weight is 228 g/mol. The predicted molar refractivity (Wildman–Crippen MR) is 52.0 cm³/mol. The van der Waals surface area contributed by atoms with Crippen LogP contribution in [0.3, 0.4) is 0 Å². The first kappa shape index (κ1) is 8.56. The van der Waals surface area contributed by atoms with Crippen molar-refractivity contribution >= 4 is 15.9 Å². The number of halogens is 1. The van der Waals surface area contributed by atoms with E-state index in [9.17, 15) is 0 Å². The third-order valence-corrected chi connectivity index (χ3v) is 5.17. The van der Waals surface area contributed by atoms with Gasteiger partial charge in [0.05, 0.1) is 6.07 Å². The summed E-state index contributed by atoms with van der Waals surface area (Å²) >= 11 is 3.67. The van der Waals surface area contributed by atoms with Crippen molar-refractivity contribution in [2.75, 3.05) is 0 Å². The molecule has 2 saturated carbocycles. The minimum absolute atomic E-state index is 0.170. The molecule has 0 aromatic rings. The molecule has 2 aliphatic rings. The summed E-state index contributed by atoms with van der Waals surface area (Å²) in [5, 5.41) is 9.15. The van der Waals surface area contributed by atoms with Gasteiger partial charge in [0.1, 0.15) is 4.32 Å². The molecule has 12 heavy (non-hydrogen) atoms. The fraction of sp³-hybridized carbons (Fsp3) is 0.900. The highest BCUT2D eigenvalue weighted by molar-refractivity contribution is 9.10. The van der Waals surface area contributed by atoms with Gasteiger partial charge in [-0.3, -0.25) is 0 Å². The monoisotopic (exact) mass is 227 g/mol. The van der Waals surface area contributed by atoms with Crippen molar-refractivity contribution < 1.29 is 0 Å². The molecule has 1 nitrogen and oxygen atoms in total. The number of alkyl halides is 1. The molecular weight excluding hydrogens is 214 g/mol. The molecule has 66 valence electrons. The van der Waals surface area contributed by atoms with Crippen LogP contribution in [0, 0.1) is 16.7 Å². The smallest absolute Gasteiger partial charge is 0.118 e. The lowest BCUT2D eigenvalue weighted by molar-refractivity contribution is 0.284. The molecule has 0 aromatic heterocycles. The third-order valence-electron chi connectivity index (χ3n) is 3.76. The summed E-state index contributed by atoms with van der Waals surface area (Å²) in [6.45, 7) is 0. The molecule has 2 rings (SSSR count). The summed E-state index contributed by atoms with van der Waals surface area (Å²) in [5.41, 5.74) is 0.349. The maximum absolute atomic E-state index is 9.15. The first-order chi connectivity index (χ1) is 5.72. The number of nitrogens with zero attached hydrogens (tertiary/aromatic N) is 1. The van der Waals surface area contributed by atoms with E-state index in [1.807, 2.05) is 0 Å². The van der Waals surface area contributed by atoms with Crippen molar-refractivity contribution in [3.63, 3.8) is 0 Å². The first-order valence-corrected chi connectivity index (χ1v) is 5.62. The Hall–Kier alpha value is -0.0300. The summed E-state index contributed by atoms with van der Waals surface area (Å²) in [4.78, 5) is 0. The second-order valence-electron chi connectivity index (χ2n) is 4.25. The van der Waals surface area contributed by atoms with Gasteiger partial charge in [0, 0.05) is 0 Å². The molecule has 0 amide bonds. The SMILES string of the molecule is N#CC1(Br)CCCC12CCCC2. The highest BCUT2D eigenvalue weighted by Gasteiger charge is 2.54. The summed E-state index contributed by atoms with van der Waals surface area (Å²) in [6, 6.07) is 2.49. The van der Waals surface area contributed by atoms with Gasteiger partial charge in [0.2, 0.25) is 0 Å². The van der Waals surface area contributed by atoms with E-state index in [0.29, 0.717) is 5.41 Å². The average Bonchev–Trinajstić information content (AvgIpc) is 2.64. The van der Waals surface area contributed by atoms with E-state index in [1.165, 1.54) is 38.5 Å². The first-order valence-electron chi connectivity index (χ1n) is 4.83. The largest absolute Gasteiger partial charge is 0.197 e. The normalized spacial score (nSPS) is 38.7. The quantitative estimate of drug-likeness (QED) is 0.583. The van der Waals surface area contributed by atoms with Crippen LogP contribution in [-0.2, 0) is 0 Å². The van der Waals surface area contributed by atoms with Gasteiger partial charge < -0.3 is 0 Å². The number of rotatable bonds is 0. The lowest BCUT2D eigenvalue weighted by atomic mass is 9.77. The van der Waals surface area contributed by atoms with E-state index in [4.69, 9.17) is 5.26 Å². The van der Waals surface area contributed by atoms with Gasteiger partial charge in [-0.05, 0) is 31.1 Å². The van der Waals surface area contributed by atoms with Crippen molar-refractivity contribution in [2.45, 2.75) is 49.3 Å². The van der Waals surface area contributed by atoms with Crippen LogP contribution in [0.4, 0.5) is 0 Å². The van der Waals surface area contributed by atoms with Crippen LogP contribution >= 0.6 is 15.9 Å². The molecular formula is C10H14BrN. The molecule has 1 unspecified atom stereocenters. The van der Waals surface area contributed by atoms with E-state index in [1.54, 1.807) is 0 Å². The third kappa shape index (κ3) is 0.956. The highest BCUT2D eigenvalue weighted by Crippen LogP contribution is 2.60. The van der Waals surface area contributed by atoms with E-state index in [2.05, 4.69) is 22.0 Å². The molecule has 2 heteroatoms. The van der Waals surface area contributed by atoms with Crippen LogP contribution in [0.15, 0.2) is 0 Å². The molecule has 1 atom stereocenters. The summed E-state index contributed by atoms with van der Waals surface area (Å²) < 4.78 is -0.170. The van der Waals surface area contributed by atoms with Gasteiger partial charge in [-0.25, -0.2) is 0 Å². The maximum atomic E-state index is 9.15. The van der Waals surface area contributed by atoms with Crippen LogP contribution in [0.1, 0.15) is 44.9 Å². The molecule has 2 fully saturated rings. The topological polar surface area (TPSA) is 23.8 Å². The Morgan fingerprint density at radius 3 is 2.17 bits per heavy atom. The molecule has 0 aromatic carbocycles. The van der Waals surface area contributed by atoms with Gasteiger partial charge in [0.25, 0.3) is 0 Å². The van der Waals surface area contributed by atoms with Crippen molar-refractivity contribution in [3.8, 4) is 6.07 Å². The summed E-state index contributed by atoms with van der Waals surface area (Å²) in [7, 11) is 0. The van der Waals surface area contributed by atoms with Crippen LogP contribution in [0.2, 0.25) is 0 Å². The second kappa shape index (κ2) is 2.73. The molecule has 1 spiro atoms. The predicted octanol–water partition coefficient (Wildman–Crippen LogP) is 3.39. The highest BCUT2D eigenvalue weighted by atomic mass is 79.9. The molecule has 0 aliphatic heterocycles. The van der Waals surface area contributed by atoms with E-state index in [0.717, 1.165) is 6.42 Å². The molecule has 0 radical (unpaired) electrons. The lowest BCUT2D eigenvalue weighted by Crippen LogP contribution is -2.34. The Morgan fingerprint density at radius 2 is 1.58 bits per heavy atom. The van der Waals surface area contributed by atoms with E-state index >= 15 is 0 Å². The van der Waals surface area contributed by atoms with Crippen LogP contribution in [0.25, 0.3) is 0 Å². The molecule has 0 N–H and O–H groups in total. The summed E-state index contributed by atoms with van der Waals surface area (Å²) in [6.07, 6.45) is 8.76. The van der Waals surface area contributed by atoms with Crippen molar-refractivity contribution in [1.82, 2.24) is 0 Å². The lowest BCUT2D eigenvalue weighted by Gasteiger charge is -2.33. The molecule has 2 aliphatic carbocycles. The number of hydrogen-bond donors (Lipinski definition) is 0. The van der Waals surface area contributed by atoms with Crippen LogP contribution in [-0.4, -0.2) is 4.32 Å². The standard InChI is InChI=1S/C10H14BrN/c11-10(8-12)7-3-6-9(10)4-1-2-5-9/h1-7H2. The number of nitriles is 1. The van der Waals surface area contributed by atoms with E-state index < -0.39 is 0 Å². The fourth-order valence-corrected chi connectivity index (χ4v) is 3.88. The number of hydrogen-bond acceptors (Lipinski definition) is 1. The van der Waals surface area contributed by atoms with Crippen LogP contribution in [0.5, 0.6) is 0 Å². The maximum Gasteiger partial charge on any atom is 0.118 e. The minimum atomic E-state index is -0.170. The Balaban J connectivity index is 2.30. The Bertz CT molecular complexity index is 219. The Labute approximate surface area is 82.3 Å². The minimum Gasteiger partial charge on any atom is -0.197 e. The van der Waals surface area contributed by atoms with Crippen molar-refractivity contribution in [3.05, 3.63) is 0 Å². The van der Waals surface area contributed by atoms with E-state index in [-0.39, 0.29) is 4.32 Å². The van der Waals surface area contributed by atoms with Gasteiger partial charge in [-0.2, -0.15) is 5.26 Å². The molecule has 0 saturated heterocycles. The Morgan fingerprint density at radius 1 is 1.00 bits per heavy atom. The van der Waals surface area contributed by atoms with Gasteiger partial charge in [0.15, 0.2) is 0 Å². The van der Waals surface area contributed by atoms with Crippen molar-refractivity contribution in [1.29, 1.82) is 5.26 Å². The molecule has 0 bridgehead atoms. The zero-order valence-electron chi connectivity index (χ0n) is 7.27. The zero-order valence-corrected chi connectivity index (χ0v) is 8.86. The molecule has 0 heterocycles. The van der Waals surface area contributed by atoms with Crippen LogP contribution < -0.4 is 0 Å². The van der Waals surface area contributed by atoms with Gasteiger partial charge in [-0.1, -0.05) is 35.2 Å².